The number of hydrogen-bond donors (Lipinski definition) is 5. The van der Waals surface area contributed by atoms with Crippen molar-refractivity contribution in [2.75, 3.05) is 18.1 Å². The van der Waals surface area contributed by atoms with Crippen LogP contribution in [0.15, 0.2) is 0 Å². The third-order valence-corrected chi connectivity index (χ3v) is 3.54. The molecule has 0 aliphatic heterocycles. The van der Waals surface area contributed by atoms with Crippen molar-refractivity contribution in [3.63, 3.8) is 0 Å². The topological polar surface area (TPSA) is 135 Å². The first-order valence-electron chi connectivity index (χ1n) is 5.84. The van der Waals surface area contributed by atoms with E-state index in [9.17, 15) is 24.9 Å². The van der Waals surface area contributed by atoms with Crippen molar-refractivity contribution in [3.05, 3.63) is 0 Å². The number of rotatable bonds is 10. The maximum atomic E-state index is 11.5. The molecule has 0 saturated heterocycles. The van der Waals surface area contributed by atoms with Crippen molar-refractivity contribution < 1.29 is 35.1 Å². The van der Waals surface area contributed by atoms with Gasteiger partial charge >= 0.3 is 0 Å². The summed E-state index contributed by atoms with van der Waals surface area (Å²) in [5.74, 6) is -1.52. The van der Waals surface area contributed by atoms with Crippen molar-refractivity contribution >= 4 is 23.3 Å². The van der Waals surface area contributed by atoms with Crippen LogP contribution in [0.1, 0.15) is 13.3 Å². The number of carbonyl (C=O) groups excluding carboxylic acids is 2. The van der Waals surface area contributed by atoms with Crippen molar-refractivity contribution in [2.45, 2.75) is 37.8 Å². The lowest BCUT2D eigenvalue weighted by Crippen LogP contribution is -2.50. The Morgan fingerprint density at radius 2 is 1.68 bits per heavy atom. The van der Waals surface area contributed by atoms with Gasteiger partial charge < -0.3 is 25.5 Å². The van der Waals surface area contributed by atoms with Crippen molar-refractivity contribution in [3.8, 4) is 0 Å². The molecule has 0 aliphatic carbocycles. The summed E-state index contributed by atoms with van der Waals surface area (Å²) in [7, 11) is 0. The Balaban J connectivity index is 4.42. The molecule has 8 heteroatoms. The van der Waals surface area contributed by atoms with Crippen LogP contribution in [-0.4, -0.2) is 79.6 Å². The minimum absolute atomic E-state index is 0.116. The van der Waals surface area contributed by atoms with Gasteiger partial charge in [-0.15, -0.1) is 0 Å². The van der Waals surface area contributed by atoms with Gasteiger partial charge in [0.1, 0.15) is 24.4 Å². The molecule has 0 amide bonds. The second-order valence-electron chi connectivity index (χ2n) is 4.02. The fourth-order valence-electron chi connectivity index (χ4n) is 1.22. The molecule has 0 fully saturated rings. The van der Waals surface area contributed by atoms with E-state index in [0.29, 0.717) is 5.75 Å². The number of Topliss-reactive ketones (excluding diaryl/α,β-unsaturated/α-hetero) is 2. The Kier molecular flexibility index (Phi) is 9.15. The Morgan fingerprint density at radius 1 is 1.11 bits per heavy atom. The van der Waals surface area contributed by atoms with E-state index in [0.717, 1.165) is 6.42 Å². The van der Waals surface area contributed by atoms with E-state index in [4.69, 9.17) is 10.2 Å². The molecule has 112 valence electrons. The number of aliphatic hydroxyl groups excluding tert-OH is 5. The molecule has 0 aromatic rings. The van der Waals surface area contributed by atoms with E-state index in [1.54, 1.807) is 0 Å². The number of ketones is 2. The Hall–Kier alpha value is -0.510. The second-order valence-corrected chi connectivity index (χ2v) is 5.12. The molecule has 4 atom stereocenters. The Labute approximate surface area is 115 Å². The fourth-order valence-corrected chi connectivity index (χ4v) is 1.98. The summed E-state index contributed by atoms with van der Waals surface area (Å²) in [4.78, 5) is 22.9. The molecule has 19 heavy (non-hydrogen) atoms. The summed E-state index contributed by atoms with van der Waals surface area (Å²) >= 11 is 1.22. The van der Waals surface area contributed by atoms with Crippen LogP contribution in [0.3, 0.4) is 0 Å². The Morgan fingerprint density at radius 3 is 2.16 bits per heavy atom. The lowest BCUT2D eigenvalue weighted by molar-refractivity contribution is -0.153. The van der Waals surface area contributed by atoms with E-state index in [2.05, 4.69) is 0 Å². The highest BCUT2D eigenvalue weighted by Crippen LogP contribution is 2.09. The molecule has 0 rings (SSSR count). The van der Waals surface area contributed by atoms with Gasteiger partial charge in [0.25, 0.3) is 0 Å². The highest BCUT2D eigenvalue weighted by Gasteiger charge is 2.36. The first-order valence-corrected chi connectivity index (χ1v) is 7.00. The minimum Gasteiger partial charge on any atom is -0.394 e. The van der Waals surface area contributed by atoms with E-state index in [1.165, 1.54) is 11.8 Å². The summed E-state index contributed by atoms with van der Waals surface area (Å²) in [5.41, 5.74) is 0. The highest BCUT2D eigenvalue weighted by atomic mass is 32.2. The molecule has 0 aromatic heterocycles. The minimum atomic E-state index is -2.12. The van der Waals surface area contributed by atoms with E-state index in [1.807, 2.05) is 6.92 Å². The predicted molar refractivity (Wildman–Crippen MR) is 68.7 cm³/mol. The lowest BCUT2D eigenvalue weighted by Gasteiger charge is -2.24. The van der Waals surface area contributed by atoms with Crippen LogP contribution in [0.2, 0.25) is 0 Å². The molecule has 5 N–H and O–H groups in total. The summed E-state index contributed by atoms with van der Waals surface area (Å²) in [5, 5.41) is 45.8. The van der Waals surface area contributed by atoms with E-state index in [-0.39, 0.29) is 5.75 Å². The molecule has 0 aromatic carbocycles. The maximum absolute atomic E-state index is 11.5. The van der Waals surface area contributed by atoms with Gasteiger partial charge in [-0.2, -0.15) is 11.8 Å². The average Bonchev–Trinajstić information content (AvgIpc) is 2.43. The molecule has 0 saturated carbocycles. The van der Waals surface area contributed by atoms with Gasteiger partial charge in [0.05, 0.1) is 12.4 Å². The summed E-state index contributed by atoms with van der Waals surface area (Å²) < 4.78 is 0. The summed E-state index contributed by atoms with van der Waals surface area (Å²) in [6.45, 7) is 1.06. The molecule has 0 unspecified atom stereocenters. The molecule has 7 nitrogen and oxygen atoms in total. The number of thioether (sulfide) groups is 1. The smallest absolute Gasteiger partial charge is 0.230 e. The van der Waals surface area contributed by atoms with Gasteiger partial charge in [-0.1, -0.05) is 6.92 Å². The van der Waals surface area contributed by atoms with E-state index >= 15 is 0 Å². The quantitative estimate of drug-likeness (QED) is 0.224. The van der Waals surface area contributed by atoms with Crippen LogP contribution in [0.5, 0.6) is 0 Å². The van der Waals surface area contributed by atoms with Crippen LogP contribution >= 0.6 is 11.8 Å². The van der Waals surface area contributed by atoms with E-state index < -0.39 is 42.6 Å². The fraction of sp³-hybridized carbons (Fsp3) is 0.818. The van der Waals surface area contributed by atoms with Gasteiger partial charge in [-0.25, -0.2) is 0 Å². The molecular weight excluding hydrogens is 276 g/mol. The molecule has 0 bridgehead atoms. The second kappa shape index (κ2) is 9.40. The van der Waals surface area contributed by atoms with Crippen LogP contribution < -0.4 is 0 Å². The first-order chi connectivity index (χ1) is 8.86. The highest BCUT2D eigenvalue weighted by molar-refractivity contribution is 8.00. The average molecular weight is 296 g/mol. The van der Waals surface area contributed by atoms with Gasteiger partial charge in [0.2, 0.25) is 11.6 Å². The van der Waals surface area contributed by atoms with Crippen molar-refractivity contribution in [1.29, 1.82) is 0 Å². The zero-order valence-electron chi connectivity index (χ0n) is 10.6. The summed E-state index contributed by atoms with van der Waals surface area (Å²) in [6, 6.07) is 0. The van der Waals surface area contributed by atoms with Crippen molar-refractivity contribution in [2.24, 2.45) is 0 Å². The largest absolute Gasteiger partial charge is 0.394 e. The molecule has 0 spiro atoms. The van der Waals surface area contributed by atoms with Crippen LogP contribution in [0.25, 0.3) is 0 Å². The zero-order valence-corrected chi connectivity index (χ0v) is 11.4. The predicted octanol–water partition coefficient (Wildman–Crippen LogP) is -2.30. The lowest BCUT2D eigenvalue weighted by atomic mass is 9.99. The van der Waals surface area contributed by atoms with Crippen LogP contribution in [-0.2, 0) is 9.59 Å². The SMILES string of the molecule is CCCSCC(=O)C(=O)[C@H](O)[C@@H](O)[C@@H](O)[C@H](O)CO. The summed E-state index contributed by atoms with van der Waals surface area (Å²) in [6.07, 6.45) is -6.94. The molecule has 0 heterocycles. The first kappa shape index (κ1) is 18.5. The number of hydrogen-bond acceptors (Lipinski definition) is 8. The van der Waals surface area contributed by atoms with Gasteiger partial charge in [-0.05, 0) is 12.2 Å². The Bertz CT molecular complexity index is 297. The van der Waals surface area contributed by atoms with Crippen LogP contribution in [0, 0.1) is 0 Å². The molecule has 0 radical (unpaired) electrons. The third kappa shape index (κ3) is 5.98. The number of carbonyl (C=O) groups is 2. The molecular formula is C11H20O7S. The number of aliphatic hydroxyl groups is 5. The van der Waals surface area contributed by atoms with Crippen molar-refractivity contribution in [1.82, 2.24) is 0 Å². The normalized spacial score (nSPS) is 17.6. The third-order valence-electron chi connectivity index (χ3n) is 2.38. The van der Waals surface area contributed by atoms with Crippen LogP contribution in [0.4, 0.5) is 0 Å². The molecule has 0 aliphatic rings. The van der Waals surface area contributed by atoms with Gasteiger partial charge in [0.15, 0.2) is 0 Å². The maximum Gasteiger partial charge on any atom is 0.230 e. The standard InChI is InChI=1S/C11H20O7S/c1-2-3-19-5-7(14)9(16)11(18)10(17)8(15)6(13)4-12/h6,8,10-13,15,17-18H,2-5H2,1H3/t6-,8+,10+,11+/m1/s1. The van der Waals surface area contributed by atoms with Gasteiger partial charge in [0, 0.05) is 0 Å². The monoisotopic (exact) mass is 296 g/mol. The zero-order chi connectivity index (χ0) is 15.0. The van der Waals surface area contributed by atoms with Gasteiger partial charge in [-0.3, -0.25) is 9.59 Å².